The van der Waals surface area contributed by atoms with Crippen LogP contribution in [-0.4, -0.2) is 10.1 Å². The first-order valence-electron chi connectivity index (χ1n) is 6.50. The minimum absolute atomic E-state index is 0.188. The largest absolute Gasteiger partial charge is 0.508 e. The SMILES string of the molecule is Oc1cccc(/C=C(\Br)c2ncc(-c3ccc(F)cc3)o2)c1. The van der Waals surface area contributed by atoms with E-state index < -0.39 is 0 Å². The molecular weight excluding hydrogens is 349 g/mol. The van der Waals surface area contributed by atoms with Crippen LogP contribution in [0.3, 0.4) is 0 Å². The van der Waals surface area contributed by atoms with Crippen LogP contribution < -0.4 is 0 Å². The van der Waals surface area contributed by atoms with Gasteiger partial charge < -0.3 is 9.52 Å². The normalized spacial score (nSPS) is 11.6. The number of rotatable bonds is 3. The third-order valence-electron chi connectivity index (χ3n) is 3.00. The first kappa shape index (κ1) is 14.5. The Hall–Kier alpha value is -2.40. The van der Waals surface area contributed by atoms with E-state index in [1.165, 1.54) is 12.1 Å². The molecule has 2 aromatic carbocycles. The van der Waals surface area contributed by atoms with Crippen molar-refractivity contribution in [3.8, 4) is 17.1 Å². The molecule has 3 rings (SSSR count). The minimum atomic E-state index is -0.298. The van der Waals surface area contributed by atoms with E-state index in [1.807, 2.05) is 6.07 Å². The van der Waals surface area contributed by atoms with Crippen molar-refractivity contribution in [3.05, 3.63) is 72.0 Å². The molecule has 5 heteroatoms. The van der Waals surface area contributed by atoms with E-state index in [2.05, 4.69) is 20.9 Å². The molecule has 0 saturated heterocycles. The van der Waals surface area contributed by atoms with Crippen molar-refractivity contribution in [2.75, 3.05) is 0 Å². The standard InChI is InChI=1S/C17H11BrFNO2/c18-15(9-11-2-1-3-14(21)8-11)17-20-10-16(22-17)12-4-6-13(19)7-5-12/h1-10,21H/b15-9-. The Morgan fingerprint density at radius 1 is 1.18 bits per heavy atom. The lowest BCUT2D eigenvalue weighted by Crippen LogP contribution is -1.77. The minimum Gasteiger partial charge on any atom is -0.508 e. The zero-order valence-electron chi connectivity index (χ0n) is 11.3. The highest BCUT2D eigenvalue weighted by Gasteiger charge is 2.09. The van der Waals surface area contributed by atoms with Gasteiger partial charge in [-0.1, -0.05) is 12.1 Å². The molecular formula is C17H11BrFNO2. The van der Waals surface area contributed by atoms with Gasteiger partial charge in [0.15, 0.2) is 5.76 Å². The molecule has 0 radical (unpaired) electrons. The molecule has 0 aliphatic carbocycles. The zero-order chi connectivity index (χ0) is 15.5. The van der Waals surface area contributed by atoms with Crippen molar-refractivity contribution >= 4 is 26.5 Å². The van der Waals surface area contributed by atoms with Gasteiger partial charge in [-0.15, -0.1) is 0 Å². The van der Waals surface area contributed by atoms with Crippen LogP contribution >= 0.6 is 15.9 Å². The second-order valence-corrected chi connectivity index (χ2v) is 5.48. The summed E-state index contributed by atoms with van der Waals surface area (Å²) in [5, 5.41) is 9.46. The number of nitrogens with zero attached hydrogens (tertiary/aromatic N) is 1. The van der Waals surface area contributed by atoms with Gasteiger partial charge in [0, 0.05) is 5.56 Å². The van der Waals surface area contributed by atoms with Gasteiger partial charge in [-0.05, 0) is 64.0 Å². The third kappa shape index (κ3) is 3.26. The molecule has 0 unspecified atom stereocenters. The van der Waals surface area contributed by atoms with Crippen LogP contribution in [0.2, 0.25) is 0 Å². The van der Waals surface area contributed by atoms with Gasteiger partial charge in [0.25, 0.3) is 0 Å². The predicted molar refractivity (Wildman–Crippen MR) is 86.8 cm³/mol. The Balaban J connectivity index is 1.88. The van der Waals surface area contributed by atoms with Crippen LogP contribution in [0.1, 0.15) is 11.5 Å². The molecule has 1 N–H and O–H groups in total. The number of oxazole rings is 1. The van der Waals surface area contributed by atoms with Crippen LogP contribution in [0.15, 0.2) is 59.1 Å². The molecule has 0 aliphatic heterocycles. The maximum atomic E-state index is 12.9. The van der Waals surface area contributed by atoms with E-state index in [1.54, 1.807) is 42.6 Å². The Kier molecular flexibility index (Phi) is 4.06. The third-order valence-corrected chi connectivity index (χ3v) is 3.57. The number of aromatic hydroxyl groups is 1. The number of hydrogen-bond acceptors (Lipinski definition) is 3. The molecule has 22 heavy (non-hydrogen) atoms. The summed E-state index contributed by atoms with van der Waals surface area (Å²) in [7, 11) is 0. The summed E-state index contributed by atoms with van der Waals surface area (Å²) in [6.45, 7) is 0. The maximum Gasteiger partial charge on any atom is 0.233 e. The second kappa shape index (κ2) is 6.15. The van der Waals surface area contributed by atoms with Crippen molar-refractivity contribution in [3.63, 3.8) is 0 Å². The van der Waals surface area contributed by atoms with Crippen LogP contribution in [-0.2, 0) is 0 Å². The highest BCUT2D eigenvalue weighted by molar-refractivity contribution is 9.15. The Morgan fingerprint density at radius 3 is 2.68 bits per heavy atom. The van der Waals surface area contributed by atoms with Gasteiger partial charge in [-0.3, -0.25) is 0 Å². The summed E-state index contributed by atoms with van der Waals surface area (Å²) in [6.07, 6.45) is 3.38. The van der Waals surface area contributed by atoms with Gasteiger partial charge in [0.1, 0.15) is 11.6 Å². The summed E-state index contributed by atoms with van der Waals surface area (Å²) < 4.78 is 19.2. The van der Waals surface area contributed by atoms with E-state index in [0.29, 0.717) is 16.1 Å². The van der Waals surface area contributed by atoms with E-state index in [4.69, 9.17) is 4.42 Å². The quantitative estimate of drug-likeness (QED) is 0.709. The highest BCUT2D eigenvalue weighted by atomic mass is 79.9. The molecule has 110 valence electrons. The fourth-order valence-corrected chi connectivity index (χ4v) is 2.40. The molecule has 0 saturated carbocycles. The second-order valence-electron chi connectivity index (χ2n) is 4.62. The van der Waals surface area contributed by atoms with Crippen molar-refractivity contribution in [2.45, 2.75) is 0 Å². The van der Waals surface area contributed by atoms with Crippen LogP contribution in [0.5, 0.6) is 5.75 Å². The van der Waals surface area contributed by atoms with Crippen LogP contribution in [0.25, 0.3) is 21.9 Å². The number of aromatic nitrogens is 1. The van der Waals surface area contributed by atoms with Gasteiger partial charge >= 0.3 is 0 Å². The number of hydrogen-bond donors (Lipinski definition) is 1. The molecule has 0 spiro atoms. The molecule has 3 aromatic rings. The summed E-state index contributed by atoms with van der Waals surface area (Å²) in [6, 6.07) is 12.8. The number of halogens is 2. The Morgan fingerprint density at radius 2 is 1.95 bits per heavy atom. The summed E-state index contributed by atoms with van der Waals surface area (Å²) >= 11 is 3.41. The van der Waals surface area contributed by atoms with Crippen molar-refractivity contribution in [1.29, 1.82) is 0 Å². The summed E-state index contributed by atoms with van der Waals surface area (Å²) in [4.78, 5) is 4.20. The lowest BCUT2D eigenvalue weighted by Gasteiger charge is -1.98. The fraction of sp³-hybridized carbons (Fsp3) is 0. The van der Waals surface area contributed by atoms with E-state index in [9.17, 15) is 9.50 Å². The first-order chi connectivity index (χ1) is 10.6. The predicted octanol–water partition coefficient (Wildman–Crippen LogP) is 5.08. The monoisotopic (exact) mass is 359 g/mol. The number of phenols is 1. The van der Waals surface area contributed by atoms with E-state index >= 15 is 0 Å². The number of phenolic OH excluding ortho intramolecular Hbond substituents is 1. The topological polar surface area (TPSA) is 46.3 Å². The molecule has 1 heterocycles. The van der Waals surface area contributed by atoms with Crippen LogP contribution in [0.4, 0.5) is 4.39 Å². The first-order valence-corrected chi connectivity index (χ1v) is 7.29. The summed E-state index contributed by atoms with van der Waals surface area (Å²) in [5.74, 6) is 0.848. The van der Waals surface area contributed by atoms with Crippen LogP contribution in [0, 0.1) is 5.82 Å². The van der Waals surface area contributed by atoms with Crippen molar-refractivity contribution in [2.24, 2.45) is 0 Å². The Labute approximate surface area is 134 Å². The lowest BCUT2D eigenvalue weighted by molar-refractivity contribution is 0.475. The summed E-state index contributed by atoms with van der Waals surface area (Å²) in [5.41, 5.74) is 1.56. The average molecular weight is 360 g/mol. The smallest absolute Gasteiger partial charge is 0.233 e. The zero-order valence-corrected chi connectivity index (χ0v) is 12.9. The molecule has 0 bridgehead atoms. The van der Waals surface area contributed by atoms with Gasteiger partial charge in [0.05, 0.1) is 10.7 Å². The fourth-order valence-electron chi connectivity index (χ4n) is 1.95. The number of benzene rings is 2. The van der Waals surface area contributed by atoms with Gasteiger partial charge in [-0.25, -0.2) is 9.37 Å². The Bertz CT molecular complexity index is 825. The highest BCUT2D eigenvalue weighted by Crippen LogP contribution is 2.28. The molecule has 0 atom stereocenters. The molecule has 3 nitrogen and oxygen atoms in total. The molecule has 0 fully saturated rings. The van der Waals surface area contributed by atoms with Gasteiger partial charge in [-0.2, -0.15) is 0 Å². The molecule has 0 amide bonds. The van der Waals surface area contributed by atoms with Crippen molar-refractivity contribution in [1.82, 2.24) is 4.98 Å². The van der Waals surface area contributed by atoms with E-state index in [0.717, 1.165) is 11.1 Å². The van der Waals surface area contributed by atoms with Gasteiger partial charge in [0.2, 0.25) is 5.89 Å². The molecule has 1 aromatic heterocycles. The van der Waals surface area contributed by atoms with Crippen molar-refractivity contribution < 1.29 is 13.9 Å². The lowest BCUT2D eigenvalue weighted by atomic mass is 10.2. The van der Waals surface area contributed by atoms with E-state index in [-0.39, 0.29) is 11.6 Å². The average Bonchev–Trinajstić information content (AvgIpc) is 2.98. The molecule has 0 aliphatic rings. The maximum absolute atomic E-state index is 12.9.